The number of fused-ring (bicyclic) bond motifs is 1. The molecule has 0 saturated heterocycles. The van der Waals surface area contributed by atoms with Gasteiger partial charge in [0, 0.05) is 5.70 Å². The fraction of sp³-hybridized carbons (Fsp3) is 0.333. The molecule has 0 spiro atoms. The molecule has 0 bridgehead atoms. The molecule has 0 radical (unpaired) electrons. The third kappa shape index (κ3) is 1.11. The van der Waals surface area contributed by atoms with Gasteiger partial charge < -0.3 is 5.73 Å². The molecule has 0 saturated carbocycles. The van der Waals surface area contributed by atoms with E-state index in [2.05, 4.69) is 10.1 Å². The van der Waals surface area contributed by atoms with E-state index < -0.39 is 0 Å². The highest BCUT2D eigenvalue weighted by Crippen LogP contribution is 2.23. The predicted octanol–water partition coefficient (Wildman–Crippen LogP) is 0.538. The number of thioether (sulfide) groups is 1. The Balaban J connectivity index is 2.27. The van der Waals surface area contributed by atoms with Crippen molar-refractivity contribution in [2.24, 2.45) is 15.8 Å². The van der Waals surface area contributed by atoms with Crippen LogP contribution in [0.4, 0.5) is 0 Å². The highest BCUT2D eigenvalue weighted by Gasteiger charge is 2.22. The average molecular weight is 168 g/mol. The molecule has 2 rings (SSSR count). The summed E-state index contributed by atoms with van der Waals surface area (Å²) >= 11 is 1.58. The Morgan fingerprint density at radius 2 is 2.55 bits per heavy atom. The number of nitrogens with zero attached hydrogens (tertiary/aromatic N) is 3. The molecule has 0 aromatic heterocycles. The first kappa shape index (κ1) is 6.72. The van der Waals surface area contributed by atoms with Crippen LogP contribution >= 0.6 is 11.8 Å². The normalized spacial score (nSPS) is 22.3. The Kier molecular flexibility index (Phi) is 1.38. The van der Waals surface area contributed by atoms with Crippen LogP contribution in [-0.2, 0) is 0 Å². The second-order valence-corrected chi connectivity index (χ2v) is 3.55. The van der Waals surface area contributed by atoms with Gasteiger partial charge in [-0.25, -0.2) is 10.0 Å². The van der Waals surface area contributed by atoms with Crippen LogP contribution < -0.4 is 5.73 Å². The van der Waals surface area contributed by atoms with E-state index in [1.807, 2.05) is 11.9 Å². The molecule has 2 aliphatic heterocycles. The highest BCUT2D eigenvalue weighted by atomic mass is 32.2. The van der Waals surface area contributed by atoms with E-state index in [-0.39, 0.29) is 0 Å². The van der Waals surface area contributed by atoms with Crippen LogP contribution in [0.15, 0.2) is 22.0 Å². The summed E-state index contributed by atoms with van der Waals surface area (Å²) in [6.45, 7) is 2.63. The van der Waals surface area contributed by atoms with E-state index in [4.69, 9.17) is 5.73 Å². The van der Waals surface area contributed by atoms with Gasteiger partial charge in [0.1, 0.15) is 0 Å². The molecule has 0 fully saturated rings. The number of amidine groups is 1. The summed E-state index contributed by atoms with van der Waals surface area (Å²) in [6.07, 6.45) is 1.69. The lowest BCUT2D eigenvalue weighted by molar-refractivity contribution is 0.488. The molecule has 4 nitrogen and oxygen atoms in total. The van der Waals surface area contributed by atoms with E-state index in [9.17, 15) is 0 Å². The van der Waals surface area contributed by atoms with Crippen LogP contribution in [0.25, 0.3) is 0 Å². The lowest BCUT2D eigenvalue weighted by Gasteiger charge is -2.16. The second-order valence-electron chi connectivity index (χ2n) is 2.39. The summed E-state index contributed by atoms with van der Waals surface area (Å²) < 4.78 is 0. The zero-order chi connectivity index (χ0) is 7.84. The molecule has 0 aromatic rings. The SMILES string of the molecule is CC1=NN2CC(N)=CN=C2S1. The van der Waals surface area contributed by atoms with E-state index in [0.717, 1.165) is 15.9 Å². The quantitative estimate of drug-likeness (QED) is 0.574. The summed E-state index contributed by atoms with van der Waals surface area (Å²) in [5.41, 5.74) is 6.33. The average Bonchev–Trinajstić information content (AvgIpc) is 2.27. The standard InChI is InChI=1S/C6H8N4S/c1-4-9-10-3-5(7)2-8-6(10)11-4/h2H,3,7H2,1H3. The maximum atomic E-state index is 5.57. The Labute approximate surface area is 68.8 Å². The van der Waals surface area contributed by atoms with Gasteiger partial charge in [-0.05, 0) is 18.7 Å². The van der Waals surface area contributed by atoms with Crippen molar-refractivity contribution in [1.82, 2.24) is 5.01 Å². The number of nitrogens with two attached hydrogens (primary N) is 1. The Morgan fingerprint density at radius 3 is 3.36 bits per heavy atom. The Bertz CT molecular complexity index is 278. The van der Waals surface area contributed by atoms with Crippen molar-refractivity contribution in [3.05, 3.63) is 11.9 Å². The molecule has 0 amide bonds. The maximum Gasteiger partial charge on any atom is 0.190 e. The smallest absolute Gasteiger partial charge is 0.190 e. The van der Waals surface area contributed by atoms with Crippen molar-refractivity contribution in [3.63, 3.8) is 0 Å². The monoisotopic (exact) mass is 168 g/mol. The number of aliphatic imine (C=N–C) groups is 1. The van der Waals surface area contributed by atoms with Gasteiger partial charge in [-0.3, -0.25) is 0 Å². The summed E-state index contributed by atoms with van der Waals surface area (Å²) in [6, 6.07) is 0. The third-order valence-electron chi connectivity index (χ3n) is 1.39. The van der Waals surface area contributed by atoms with Crippen molar-refractivity contribution in [2.75, 3.05) is 6.54 Å². The number of hydrogen-bond donors (Lipinski definition) is 1. The van der Waals surface area contributed by atoms with Gasteiger partial charge in [-0.2, -0.15) is 5.10 Å². The summed E-state index contributed by atoms with van der Waals surface area (Å²) in [4.78, 5) is 4.13. The largest absolute Gasteiger partial charge is 0.399 e. The Morgan fingerprint density at radius 1 is 1.73 bits per heavy atom. The zero-order valence-corrected chi connectivity index (χ0v) is 6.93. The van der Waals surface area contributed by atoms with E-state index >= 15 is 0 Å². The van der Waals surface area contributed by atoms with Gasteiger partial charge in [-0.15, -0.1) is 0 Å². The van der Waals surface area contributed by atoms with Gasteiger partial charge in [-0.1, -0.05) is 0 Å². The molecule has 0 aromatic carbocycles. The summed E-state index contributed by atoms with van der Waals surface area (Å²) in [7, 11) is 0. The number of rotatable bonds is 0. The maximum absolute atomic E-state index is 5.57. The van der Waals surface area contributed by atoms with Crippen molar-refractivity contribution in [1.29, 1.82) is 0 Å². The van der Waals surface area contributed by atoms with Crippen LogP contribution in [0, 0.1) is 0 Å². The van der Waals surface area contributed by atoms with Crippen molar-refractivity contribution in [2.45, 2.75) is 6.92 Å². The summed E-state index contributed by atoms with van der Waals surface area (Å²) in [5, 5.41) is 7.98. The van der Waals surface area contributed by atoms with E-state index in [1.54, 1.807) is 18.0 Å². The fourth-order valence-corrected chi connectivity index (χ4v) is 1.69. The molecule has 11 heavy (non-hydrogen) atoms. The van der Waals surface area contributed by atoms with Crippen LogP contribution in [0.3, 0.4) is 0 Å². The highest BCUT2D eigenvalue weighted by molar-refractivity contribution is 8.26. The molecule has 2 heterocycles. The minimum atomic E-state index is 0.670. The van der Waals surface area contributed by atoms with Crippen LogP contribution in [0.5, 0.6) is 0 Å². The first-order valence-electron chi connectivity index (χ1n) is 3.28. The molecule has 0 aliphatic carbocycles. The van der Waals surface area contributed by atoms with Gasteiger partial charge in [0.25, 0.3) is 0 Å². The molecule has 2 N–H and O–H groups in total. The molecule has 5 heteroatoms. The zero-order valence-electron chi connectivity index (χ0n) is 6.11. The molecular formula is C6H8N4S. The minimum Gasteiger partial charge on any atom is -0.399 e. The molecule has 0 unspecified atom stereocenters. The van der Waals surface area contributed by atoms with Gasteiger partial charge in [0.2, 0.25) is 0 Å². The first-order valence-corrected chi connectivity index (χ1v) is 4.10. The van der Waals surface area contributed by atoms with E-state index in [1.165, 1.54) is 0 Å². The van der Waals surface area contributed by atoms with Crippen LogP contribution in [0.2, 0.25) is 0 Å². The second kappa shape index (κ2) is 2.27. The molecule has 2 aliphatic rings. The van der Waals surface area contributed by atoms with Gasteiger partial charge in [0.15, 0.2) is 5.17 Å². The topological polar surface area (TPSA) is 54.0 Å². The number of hydrogen-bond acceptors (Lipinski definition) is 5. The van der Waals surface area contributed by atoms with Crippen molar-refractivity contribution in [3.8, 4) is 0 Å². The molecule has 58 valence electrons. The lowest BCUT2D eigenvalue weighted by atomic mass is 10.4. The lowest BCUT2D eigenvalue weighted by Crippen LogP contribution is -2.27. The van der Waals surface area contributed by atoms with E-state index in [0.29, 0.717) is 6.54 Å². The van der Waals surface area contributed by atoms with Crippen LogP contribution in [-0.4, -0.2) is 21.8 Å². The predicted molar refractivity (Wildman–Crippen MR) is 47.1 cm³/mol. The third-order valence-corrected chi connectivity index (χ3v) is 2.27. The summed E-state index contributed by atoms with van der Waals surface area (Å²) in [5.74, 6) is 0. The fourth-order valence-electron chi connectivity index (χ4n) is 0.966. The van der Waals surface area contributed by atoms with Crippen molar-refractivity contribution < 1.29 is 0 Å². The van der Waals surface area contributed by atoms with Gasteiger partial charge in [0.05, 0.1) is 17.8 Å². The minimum absolute atomic E-state index is 0.670. The van der Waals surface area contributed by atoms with Crippen molar-refractivity contribution >= 4 is 22.0 Å². The first-order chi connectivity index (χ1) is 5.25. The molecule has 0 atom stereocenters. The van der Waals surface area contributed by atoms with Crippen LogP contribution in [0.1, 0.15) is 6.92 Å². The Hall–Kier alpha value is -0.970. The molecular weight excluding hydrogens is 160 g/mol. The number of hydrazone groups is 1. The van der Waals surface area contributed by atoms with Gasteiger partial charge >= 0.3 is 0 Å².